The Balaban J connectivity index is 2.12. The Hall–Kier alpha value is -1.86. The second-order valence-corrected chi connectivity index (χ2v) is 4.58. The van der Waals surface area contributed by atoms with Crippen molar-refractivity contribution >= 4 is 0 Å². The van der Waals surface area contributed by atoms with Gasteiger partial charge in [0.1, 0.15) is 0 Å². The zero-order valence-corrected chi connectivity index (χ0v) is 10.9. The number of nitrogens with zero attached hydrogens (tertiary/aromatic N) is 2. The molecule has 0 fully saturated rings. The van der Waals surface area contributed by atoms with E-state index in [1.165, 1.54) is 0 Å². The van der Waals surface area contributed by atoms with E-state index in [0.29, 0.717) is 12.8 Å². The molecular formula is C13H15F3N4. The standard InChI is InChI=1S/C13H15F3N4/c1-20-7-8(6-18-20)2-3-12(19-17)9-4-10(14)13(16)11(15)5-9/h4-7,12,19H,2-3,17H2,1H3. The number of hydrogen-bond donors (Lipinski definition) is 2. The lowest BCUT2D eigenvalue weighted by Gasteiger charge is -2.16. The molecule has 1 heterocycles. The Morgan fingerprint density at radius 2 is 1.95 bits per heavy atom. The number of hydrogen-bond acceptors (Lipinski definition) is 3. The molecule has 2 aromatic rings. The van der Waals surface area contributed by atoms with Crippen molar-refractivity contribution in [1.29, 1.82) is 0 Å². The number of aryl methyl sites for hydroxylation is 2. The fraction of sp³-hybridized carbons (Fsp3) is 0.308. The fourth-order valence-corrected chi connectivity index (χ4v) is 2.03. The zero-order chi connectivity index (χ0) is 14.7. The van der Waals surface area contributed by atoms with Gasteiger partial charge < -0.3 is 0 Å². The van der Waals surface area contributed by atoms with Crippen LogP contribution in [0.25, 0.3) is 0 Å². The van der Waals surface area contributed by atoms with Gasteiger partial charge in [-0.05, 0) is 36.1 Å². The molecule has 0 amide bonds. The van der Waals surface area contributed by atoms with Gasteiger partial charge in [-0.15, -0.1) is 0 Å². The monoisotopic (exact) mass is 284 g/mol. The van der Waals surface area contributed by atoms with Crippen LogP contribution in [0.4, 0.5) is 13.2 Å². The number of nitrogens with one attached hydrogen (secondary N) is 1. The molecule has 0 saturated carbocycles. The van der Waals surface area contributed by atoms with Gasteiger partial charge in [0.05, 0.1) is 6.20 Å². The van der Waals surface area contributed by atoms with Crippen molar-refractivity contribution in [2.75, 3.05) is 0 Å². The molecular weight excluding hydrogens is 269 g/mol. The van der Waals surface area contributed by atoms with Gasteiger partial charge in [-0.25, -0.2) is 13.2 Å². The number of hydrazine groups is 1. The van der Waals surface area contributed by atoms with Crippen LogP contribution in [0.15, 0.2) is 24.5 Å². The van der Waals surface area contributed by atoms with Crippen molar-refractivity contribution in [3.63, 3.8) is 0 Å². The van der Waals surface area contributed by atoms with Crippen LogP contribution < -0.4 is 11.3 Å². The van der Waals surface area contributed by atoms with Crippen LogP contribution in [0.1, 0.15) is 23.6 Å². The highest BCUT2D eigenvalue weighted by Gasteiger charge is 2.16. The van der Waals surface area contributed by atoms with Gasteiger partial charge in [-0.1, -0.05) is 0 Å². The predicted molar refractivity (Wildman–Crippen MR) is 67.9 cm³/mol. The third kappa shape index (κ3) is 3.17. The van der Waals surface area contributed by atoms with E-state index in [0.717, 1.165) is 17.7 Å². The molecule has 3 N–H and O–H groups in total. The summed E-state index contributed by atoms with van der Waals surface area (Å²) in [5.74, 6) is 1.49. The zero-order valence-electron chi connectivity index (χ0n) is 10.9. The van der Waals surface area contributed by atoms with Crippen LogP contribution in [0, 0.1) is 17.5 Å². The maximum absolute atomic E-state index is 13.2. The lowest BCUT2D eigenvalue weighted by molar-refractivity contribution is 0.437. The minimum Gasteiger partial charge on any atom is -0.276 e. The molecule has 0 aliphatic heterocycles. The first-order valence-corrected chi connectivity index (χ1v) is 6.09. The van der Waals surface area contributed by atoms with Crippen molar-refractivity contribution in [2.24, 2.45) is 12.9 Å². The van der Waals surface area contributed by atoms with Crippen LogP contribution in [0.5, 0.6) is 0 Å². The lowest BCUT2D eigenvalue weighted by atomic mass is 10.0. The minimum atomic E-state index is -1.48. The summed E-state index contributed by atoms with van der Waals surface area (Å²) < 4.78 is 41.0. The Labute approximate surface area is 114 Å². The van der Waals surface area contributed by atoms with Crippen molar-refractivity contribution in [3.8, 4) is 0 Å². The Morgan fingerprint density at radius 3 is 2.45 bits per heavy atom. The average Bonchev–Trinajstić information content (AvgIpc) is 2.82. The van der Waals surface area contributed by atoms with Crippen molar-refractivity contribution in [3.05, 3.63) is 53.1 Å². The molecule has 1 aromatic heterocycles. The molecule has 2 rings (SSSR count). The van der Waals surface area contributed by atoms with E-state index in [1.807, 2.05) is 6.20 Å². The molecule has 1 aromatic carbocycles. The molecule has 108 valence electrons. The van der Waals surface area contributed by atoms with Crippen LogP contribution in [-0.2, 0) is 13.5 Å². The predicted octanol–water partition coefficient (Wildman–Crippen LogP) is 1.97. The van der Waals surface area contributed by atoms with Gasteiger partial charge in [-0.3, -0.25) is 16.0 Å². The van der Waals surface area contributed by atoms with Crippen LogP contribution in [-0.4, -0.2) is 9.78 Å². The number of halogens is 3. The molecule has 0 spiro atoms. The first kappa shape index (κ1) is 14.5. The molecule has 0 bridgehead atoms. The van der Waals surface area contributed by atoms with E-state index in [1.54, 1.807) is 17.9 Å². The van der Waals surface area contributed by atoms with Gasteiger partial charge in [0, 0.05) is 19.3 Å². The van der Waals surface area contributed by atoms with E-state index in [-0.39, 0.29) is 5.56 Å². The number of benzene rings is 1. The molecule has 4 nitrogen and oxygen atoms in total. The minimum absolute atomic E-state index is 0.271. The summed E-state index contributed by atoms with van der Waals surface area (Å²) in [4.78, 5) is 0. The first-order valence-electron chi connectivity index (χ1n) is 6.09. The molecule has 7 heteroatoms. The topological polar surface area (TPSA) is 55.9 Å². The highest BCUT2D eigenvalue weighted by molar-refractivity contribution is 5.23. The van der Waals surface area contributed by atoms with Crippen LogP contribution in [0.2, 0.25) is 0 Å². The van der Waals surface area contributed by atoms with Gasteiger partial charge in [0.15, 0.2) is 17.5 Å². The summed E-state index contributed by atoms with van der Waals surface area (Å²) in [6, 6.07) is 1.43. The van der Waals surface area contributed by atoms with E-state index in [4.69, 9.17) is 5.84 Å². The Bertz CT molecular complexity index is 574. The largest absolute Gasteiger partial charge is 0.276 e. The second-order valence-electron chi connectivity index (χ2n) is 4.58. The lowest BCUT2D eigenvalue weighted by Crippen LogP contribution is -2.28. The summed E-state index contributed by atoms with van der Waals surface area (Å²) >= 11 is 0. The highest BCUT2D eigenvalue weighted by Crippen LogP contribution is 2.22. The highest BCUT2D eigenvalue weighted by atomic mass is 19.2. The van der Waals surface area contributed by atoms with Crippen molar-refractivity contribution in [1.82, 2.24) is 15.2 Å². The third-order valence-electron chi connectivity index (χ3n) is 3.09. The summed E-state index contributed by atoms with van der Waals surface area (Å²) in [5, 5.41) is 4.03. The second kappa shape index (κ2) is 6.06. The van der Waals surface area contributed by atoms with E-state index >= 15 is 0 Å². The van der Waals surface area contributed by atoms with E-state index in [2.05, 4.69) is 10.5 Å². The molecule has 0 saturated heterocycles. The maximum atomic E-state index is 13.2. The number of aromatic nitrogens is 2. The Morgan fingerprint density at radius 1 is 1.30 bits per heavy atom. The third-order valence-corrected chi connectivity index (χ3v) is 3.09. The fourth-order valence-electron chi connectivity index (χ4n) is 2.03. The summed E-state index contributed by atoms with van der Waals surface area (Å²) in [7, 11) is 1.80. The van der Waals surface area contributed by atoms with Gasteiger partial charge in [-0.2, -0.15) is 5.10 Å². The molecule has 20 heavy (non-hydrogen) atoms. The summed E-state index contributed by atoms with van der Waals surface area (Å²) in [5.41, 5.74) is 3.74. The quantitative estimate of drug-likeness (QED) is 0.501. The first-order chi connectivity index (χ1) is 9.51. The molecule has 0 aliphatic rings. The SMILES string of the molecule is Cn1cc(CCC(NN)c2cc(F)c(F)c(F)c2)cn1. The smallest absolute Gasteiger partial charge is 0.194 e. The molecule has 1 unspecified atom stereocenters. The van der Waals surface area contributed by atoms with Gasteiger partial charge in [0.2, 0.25) is 0 Å². The number of nitrogens with two attached hydrogens (primary N) is 1. The van der Waals surface area contributed by atoms with Crippen molar-refractivity contribution < 1.29 is 13.2 Å². The average molecular weight is 284 g/mol. The van der Waals surface area contributed by atoms with Gasteiger partial charge >= 0.3 is 0 Å². The number of rotatable bonds is 5. The summed E-state index contributed by atoms with van der Waals surface area (Å²) in [6.45, 7) is 0. The summed E-state index contributed by atoms with van der Waals surface area (Å²) in [6.07, 6.45) is 4.69. The van der Waals surface area contributed by atoms with Crippen molar-refractivity contribution in [2.45, 2.75) is 18.9 Å². The van der Waals surface area contributed by atoms with Gasteiger partial charge in [0.25, 0.3) is 0 Å². The van der Waals surface area contributed by atoms with Crippen LogP contribution >= 0.6 is 0 Å². The van der Waals surface area contributed by atoms with E-state index < -0.39 is 23.5 Å². The molecule has 0 aliphatic carbocycles. The molecule has 1 atom stereocenters. The Kier molecular flexibility index (Phi) is 4.41. The molecule has 0 radical (unpaired) electrons. The maximum Gasteiger partial charge on any atom is 0.194 e. The van der Waals surface area contributed by atoms with Crippen LogP contribution in [0.3, 0.4) is 0 Å². The van der Waals surface area contributed by atoms with E-state index in [9.17, 15) is 13.2 Å². The normalized spacial score (nSPS) is 12.7.